The predicted molar refractivity (Wildman–Crippen MR) is 72.4 cm³/mol. The van der Waals surface area contributed by atoms with E-state index in [4.69, 9.17) is 26.1 Å². The molecule has 0 atom stereocenters. The van der Waals surface area contributed by atoms with Crippen LogP contribution in [0.25, 0.3) is 0 Å². The van der Waals surface area contributed by atoms with Crippen LogP contribution in [0.2, 0.25) is 5.15 Å². The van der Waals surface area contributed by atoms with Gasteiger partial charge in [0.1, 0.15) is 10.8 Å². The van der Waals surface area contributed by atoms with Crippen molar-refractivity contribution in [2.75, 3.05) is 19.8 Å². The summed E-state index contributed by atoms with van der Waals surface area (Å²) < 4.78 is 11.5. The van der Waals surface area contributed by atoms with Crippen molar-refractivity contribution in [3.05, 3.63) is 22.2 Å². The largest absolute Gasteiger partial charge is 0.381 e. The van der Waals surface area contributed by atoms with E-state index < -0.39 is 5.60 Å². The number of aromatic nitrogens is 2. The maximum atomic E-state index is 6.32. The smallest absolute Gasteiger partial charge is 0.162 e. The first-order valence-corrected chi connectivity index (χ1v) is 7.40. The van der Waals surface area contributed by atoms with Crippen molar-refractivity contribution >= 4 is 11.6 Å². The van der Waals surface area contributed by atoms with Crippen molar-refractivity contribution in [3.63, 3.8) is 0 Å². The van der Waals surface area contributed by atoms with E-state index in [2.05, 4.69) is 4.98 Å². The van der Waals surface area contributed by atoms with Gasteiger partial charge in [0.05, 0.1) is 0 Å². The van der Waals surface area contributed by atoms with E-state index in [0.717, 1.165) is 49.2 Å². The summed E-state index contributed by atoms with van der Waals surface area (Å²) in [6.07, 6.45) is 4.73. The average Bonchev–Trinajstić information content (AvgIpc) is 2.89. The number of ether oxygens (including phenoxy) is 2. The molecule has 5 heteroatoms. The molecule has 0 amide bonds. The first-order valence-electron chi connectivity index (χ1n) is 7.02. The van der Waals surface area contributed by atoms with Gasteiger partial charge in [-0.15, -0.1) is 0 Å². The molecule has 1 saturated heterocycles. The van der Waals surface area contributed by atoms with Crippen LogP contribution in [-0.4, -0.2) is 29.8 Å². The third-order valence-corrected chi connectivity index (χ3v) is 4.32. The zero-order valence-corrected chi connectivity index (χ0v) is 12.0. The summed E-state index contributed by atoms with van der Waals surface area (Å²) in [6, 6.07) is 0. The molecule has 104 valence electrons. The van der Waals surface area contributed by atoms with E-state index in [-0.39, 0.29) is 0 Å². The van der Waals surface area contributed by atoms with Crippen molar-refractivity contribution < 1.29 is 9.47 Å². The molecule has 0 radical (unpaired) electrons. The average molecular weight is 283 g/mol. The van der Waals surface area contributed by atoms with Crippen molar-refractivity contribution in [1.82, 2.24) is 9.97 Å². The summed E-state index contributed by atoms with van der Waals surface area (Å²) >= 11 is 6.32. The molecule has 1 fully saturated rings. The minimum Gasteiger partial charge on any atom is -0.381 e. The summed E-state index contributed by atoms with van der Waals surface area (Å²) in [5.41, 5.74) is 1.83. The van der Waals surface area contributed by atoms with Gasteiger partial charge in [-0.2, -0.15) is 0 Å². The Morgan fingerprint density at radius 1 is 1.26 bits per heavy atom. The fraction of sp³-hybridized carbons (Fsp3) is 0.714. The molecule has 3 rings (SSSR count). The molecule has 19 heavy (non-hydrogen) atoms. The number of halogens is 1. The fourth-order valence-corrected chi connectivity index (χ4v) is 3.28. The highest BCUT2D eigenvalue weighted by molar-refractivity contribution is 6.30. The van der Waals surface area contributed by atoms with E-state index in [1.54, 1.807) is 0 Å². The SMILES string of the molecule is CCOC1(c2nc(Cl)c3c(n2)CCC3)CCOCC1. The van der Waals surface area contributed by atoms with E-state index >= 15 is 0 Å². The second-order valence-electron chi connectivity index (χ2n) is 5.16. The highest BCUT2D eigenvalue weighted by Crippen LogP contribution is 2.36. The highest BCUT2D eigenvalue weighted by Gasteiger charge is 2.39. The van der Waals surface area contributed by atoms with Crippen LogP contribution in [0.15, 0.2) is 0 Å². The second kappa shape index (κ2) is 5.35. The first kappa shape index (κ1) is 13.3. The predicted octanol–water partition coefficient (Wildman–Crippen LogP) is 2.66. The Kier molecular flexibility index (Phi) is 3.74. The van der Waals surface area contributed by atoms with Crippen LogP contribution in [0, 0.1) is 0 Å². The summed E-state index contributed by atoms with van der Waals surface area (Å²) in [4.78, 5) is 9.29. The van der Waals surface area contributed by atoms with Gasteiger partial charge < -0.3 is 9.47 Å². The Balaban J connectivity index is 2.00. The summed E-state index contributed by atoms with van der Waals surface area (Å²) in [6.45, 7) is 4.04. The lowest BCUT2D eigenvalue weighted by molar-refractivity contribution is -0.117. The van der Waals surface area contributed by atoms with E-state index in [9.17, 15) is 0 Å². The van der Waals surface area contributed by atoms with Crippen molar-refractivity contribution in [3.8, 4) is 0 Å². The maximum absolute atomic E-state index is 6.32. The normalized spacial score (nSPS) is 21.4. The standard InChI is InChI=1S/C14H19ClN2O2/c1-2-19-14(6-8-18-9-7-14)13-16-11-5-3-4-10(11)12(15)17-13/h2-9H2,1H3. The number of hydrogen-bond acceptors (Lipinski definition) is 4. The van der Waals surface area contributed by atoms with Gasteiger partial charge in [-0.25, -0.2) is 9.97 Å². The number of fused-ring (bicyclic) bond motifs is 1. The molecule has 0 aromatic carbocycles. The van der Waals surface area contributed by atoms with Crippen LogP contribution >= 0.6 is 11.6 Å². The van der Waals surface area contributed by atoms with Crippen LogP contribution in [0.5, 0.6) is 0 Å². The number of nitrogens with zero attached hydrogens (tertiary/aromatic N) is 2. The molecule has 1 aromatic heterocycles. The van der Waals surface area contributed by atoms with Gasteiger partial charge in [-0.3, -0.25) is 0 Å². The summed E-state index contributed by atoms with van der Waals surface area (Å²) in [7, 11) is 0. The molecular weight excluding hydrogens is 264 g/mol. The van der Waals surface area contributed by atoms with Crippen LogP contribution in [0.4, 0.5) is 0 Å². The molecule has 0 unspecified atom stereocenters. The zero-order chi connectivity index (χ0) is 13.3. The second-order valence-corrected chi connectivity index (χ2v) is 5.51. The maximum Gasteiger partial charge on any atom is 0.162 e. The van der Waals surface area contributed by atoms with Crippen LogP contribution in [0.3, 0.4) is 0 Å². The van der Waals surface area contributed by atoms with Crippen molar-refractivity contribution in [1.29, 1.82) is 0 Å². The minimum atomic E-state index is -0.408. The van der Waals surface area contributed by atoms with Crippen LogP contribution in [0.1, 0.15) is 43.3 Å². The van der Waals surface area contributed by atoms with E-state index in [1.807, 2.05) is 6.92 Å². The summed E-state index contributed by atoms with van der Waals surface area (Å²) in [5, 5.41) is 0.614. The Bertz CT molecular complexity index is 467. The van der Waals surface area contributed by atoms with Crippen LogP contribution in [-0.2, 0) is 27.9 Å². The van der Waals surface area contributed by atoms with Gasteiger partial charge in [0.2, 0.25) is 0 Å². The third kappa shape index (κ3) is 2.37. The van der Waals surface area contributed by atoms with Gasteiger partial charge in [-0.05, 0) is 26.2 Å². The molecule has 0 spiro atoms. The lowest BCUT2D eigenvalue weighted by atomic mass is 9.92. The topological polar surface area (TPSA) is 44.2 Å². The Hall–Kier alpha value is -0.710. The Morgan fingerprint density at radius 2 is 2.05 bits per heavy atom. The van der Waals surface area contributed by atoms with E-state index in [0.29, 0.717) is 25.0 Å². The quantitative estimate of drug-likeness (QED) is 0.800. The number of hydrogen-bond donors (Lipinski definition) is 0. The molecule has 4 nitrogen and oxygen atoms in total. The van der Waals surface area contributed by atoms with Gasteiger partial charge in [-0.1, -0.05) is 11.6 Å². The van der Waals surface area contributed by atoms with E-state index in [1.165, 1.54) is 0 Å². The lowest BCUT2D eigenvalue weighted by Gasteiger charge is -2.35. The molecule has 0 bridgehead atoms. The Morgan fingerprint density at radius 3 is 2.79 bits per heavy atom. The van der Waals surface area contributed by atoms with Gasteiger partial charge >= 0.3 is 0 Å². The summed E-state index contributed by atoms with van der Waals surface area (Å²) in [5.74, 6) is 0.753. The molecule has 1 aliphatic carbocycles. The number of rotatable bonds is 3. The molecule has 1 aliphatic heterocycles. The zero-order valence-electron chi connectivity index (χ0n) is 11.2. The molecule has 2 heterocycles. The van der Waals surface area contributed by atoms with Gasteiger partial charge in [0.15, 0.2) is 5.82 Å². The molecule has 0 saturated carbocycles. The van der Waals surface area contributed by atoms with Gasteiger partial charge in [0.25, 0.3) is 0 Å². The highest BCUT2D eigenvalue weighted by atomic mass is 35.5. The van der Waals surface area contributed by atoms with Crippen LogP contribution < -0.4 is 0 Å². The number of aryl methyl sites for hydroxylation is 1. The fourth-order valence-electron chi connectivity index (χ4n) is 3.00. The molecular formula is C14H19ClN2O2. The lowest BCUT2D eigenvalue weighted by Crippen LogP contribution is -2.38. The van der Waals surface area contributed by atoms with Crippen molar-refractivity contribution in [2.24, 2.45) is 0 Å². The Labute approximate surface area is 118 Å². The van der Waals surface area contributed by atoms with Crippen molar-refractivity contribution in [2.45, 2.75) is 44.6 Å². The molecule has 1 aromatic rings. The monoisotopic (exact) mass is 282 g/mol. The molecule has 0 N–H and O–H groups in total. The minimum absolute atomic E-state index is 0.408. The third-order valence-electron chi connectivity index (χ3n) is 4.01. The molecule has 2 aliphatic rings. The first-order chi connectivity index (χ1) is 9.25. The van der Waals surface area contributed by atoms with Gasteiger partial charge in [0, 0.05) is 43.9 Å².